The fourth-order valence-corrected chi connectivity index (χ4v) is 4.34. The standard InChI is InChI=1S/C25H25FN4O4/c26-18-10-8-17(9-11-18)24-27-22(34-28-24)12-13-23(31)30-16-21(25(32)29-14-4-1-5-15-29)33-20-7-3-2-6-19(20)30/h2-3,6-11,21H,1,4-5,12-16H2. The van der Waals surface area contributed by atoms with Crippen LogP contribution >= 0.6 is 0 Å². The third-order valence-corrected chi connectivity index (χ3v) is 6.14. The first-order chi connectivity index (χ1) is 16.6. The molecule has 8 nitrogen and oxygen atoms in total. The number of hydrogen-bond donors (Lipinski definition) is 0. The van der Waals surface area contributed by atoms with Gasteiger partial charge < -0.3 is 19.1 Å². The third-order valence-electron chi connectivity index (χ3n) is 6.14. The number of ether oxygens (including phenoxy) is 1. The molecular formula is C25H25FN4O4. The highest BCUT2D eigenvalue weighted by molar-refractivity contribution is 5.97. The van der Waals surface area contributed by atoms with Gasteiger partial charge in [-0.25, -0.2) is 4.39 Å². The van der Waals surface area contributed by atoms with Gasteiger partial charge in [-0.3, -0.25) is 9.59 Å². The van der Waals surface area contributed by atoms with Crippen LogP contribution < -0.4 is 9.64 Å². The lowest BCUT2D eigenvalue weighted by Gasteiger charge is -2.37. The van der Waals surface area contributed by atoms with E-state index in [1.165, 1.54) is 12.1 Å². The van der Waals surface area contributed by atoms with Gasteiger partial charge in [0.05, 0.1) is 12.2 Å². The number of para-hydroxylation sites is 2. The van der Waals surface area contributed by atoms with Crippen LogP contribution in [0.1, 0.15) is 31.6 Å². The van der Waals surface area contributed by atoms with Crippen molar-refractivity contribution in [3.05, 3.63) is 60.2 Å². The number of likely N-dealkylation sites (tertiary alicyclic amines) is 1. The Hall–Kier alpha value is -3.75. The molecule has 0 bridgehead atoms. The first kappa shape index (κ1) is 22.1. The average Bonchev–Trinajstić information content (AvgIpc) is 3.36. The molecule has 2 aliphatic rings. The number of carbonyl (C=O) groups is 2. The molecule has 0 aliphatic carbocycles. The lowest BCUT2D eigenvalue weighted by atomic mass is 10.1. The molecule has 2 amide bonds. The van der Waals surface area contributed by atoms with Gasteiger partial charge in [-0.05, 0) is 55.7 Å². The molecule has 1 atom stereocenters. The van der Waals surface area contributed by atoms with E-state index in [-0.39, 0.29) is 37.0 Å². The van der Waals surface area contributed by atoms with Gasteiger partial charge >= 0.3 is 0 Å². The van der Waals surface area contributed by atoms with Gasteiger partial charge in [0.25, 0.3) is 5.91 Å². The van der Waals surface area contributed by atoms with Gasteiger partial charge in [0.1, 0.15) is 11.6 Å². The molecule has 3 aromatic rings. The summed E-state index contributed by atoms with van der Waals surface area (Å²) in [5.74, 6) is 0.595. The number of anilines is 1. The third kappa shape index (κ3) is 4.64. The Bertz CT molecular complexity index is 1170. The molecular weight excluding hydrogens is 439 g/mol. The molecule has 3 heterocycles. The summed E-state index contributed by atoms with van der Waals surface area (Å²) in [7, 11) is 0. The van der Waals surface area contributed by atoms with Crippen LogP contribution in [0.4, 0.5) is 10.1 Å². The summed E-state index contributed by atoms with van der Waals surface area (Å²) in [6.07, 6.45) is 2.75. The van der Waals surface area contributed by atoms with E-state index < -0.39 is 6.10 Å². The van der Waals surface area contributed by atoms with Gasteiger partial charge in [-0.15, -0.1) is 0 Å². The lowest BCUT2D eigenvalue weighted by molar-refractivity contribution is -0.139. The molecule has 2 aliphatic heterocycles. The second kappa shape index (κ2) is 9.62. The van der Waals surface area contributed by atoms with Crippen LogP contribution in [0.2, 0.25) is 0 Å². The number of hydrogen-bond acceptors (Lipinski definition) is 6. The number of rotatable bonds is 5. The maximum absolute atomic E-state index is 13.2. The summed E-state index contributed by atoms with van der Waals surface area (Å²) in [4.78, 5) is 34.0. The SMILES string of the molecule is O=C(C1CN(C(=O)CCc2nc(-c3ccc(F)cc3)no2)c2ccccc2O1)N1CCCCC1. The van der Waals surface area contributed by atoms with E-state index in [1.54, 1.807) is 23.1 Å². The minimum absolute atomic E-state index is 0.0761. The van der Waals surface area contributed by atoms with Crippen molar-refractivity contribution in [3.63, 3.8) is 0 Å². The number of benzene rings is 2. The minimum atomic E-state index is -0.731. The minimum Gasteiger partial charge on any atom is -0.476 e. The molecule has 0 radical (unpaired) electrons. The number of piperidine rings is 1. The Balaban J connectivity index is 1.27. The van der Waals surface area contributed by atoms with Crippen molar-refractivity contribution in [2.24, 2.45) is 0 Å². The maximum Gasteiger partial charge on any atom is 0.265 e. The molecule has 1 aromatic heterocycles. The topological polar surface area (TPSA) is 88.8 Å². The highest BCUT2D eigenvalue weighted by atomic mass is 19.1. The predicted octanol–water partition coefficient (Wildman–Crippen LogP) is 3.62. The Kier molecular flexibility index (Phi) is 6.24. The molecule has 0 N–H and O–H groups in total. The summed E-state index contributed by atoms with van der Waals surface area (Å²) in [6, 6.07) is 13.0. The van der Waals surface area contributed by atoms with Crippen molar-refractivity contribution in [1.29, 1.82) is 0 Å². The molecule has 9 heteroatoms. The van der Waals surface area contributed by atoms with Crippen molar-refractivity contribution in [3.8, 4) is 17.1 Å². The summed E-state index contributed by atoms with van der Waals surface area (Å²) in [5, 5.41) is 3.93. The summed E-state index contributed by atoms with van der Waals surface area (Å²) >= 11 is 0. The Labute approximate surface area is 196 Å². The second-order valence-electron chi connectivity index (χ2n) is 8.48. The Morgan fingerprint density at radius 3 is 2.59 bits per heavy atom. The van der Waals surface area contributed by atoms with Crippen LogP contribution in [-0.2, 0) is 16.0 Å². The normalized spacial score (nSPS) is 17.7. The zero-order valence-electron chi connectivity index (χ0n) is 18.7. The van der Waals surface area contributed by atoms with Crippen molar-refractivity contribution in [2.75, 3.05) is 24.5 Å². The Morgan fingerprint density at radius 2 is 1.79 bits per heavy atom. The molecule has 176 valence electrons. The number of aromatic nitrogens is 2. The number of nitrogens with zero attached hydrogens (tertiary/aromatic N) is 4. The van der Waals surface area contributed by atoms with Crippen molar-refractivity contribution >= 4 is 17.5 Å². The highest BCUT2D eigenvalue weighted by Gasteiger charge is 2.36. The molecule has 2 aromatic carbocycles. The van der Waals surface area contributed by atoms with Crippen LogP contribution in [0, 0.1) is 5.82 Å². The largest absolute Gasteiger partial charge is 0.476 e. The zero-order chi connectivity index (χ0) is 23.5. The first-order valence-corrected chi connectivity index (χ1v) is 11.5. The van der Waals surface area contributed by atoms with Crippen molar-refractivity contribution in [2.45, 2.75) is 38.2 Å². The predicted molar refractivity (Wildman–Crippen MR) is 122 cm³/mol. The van der Waals surface area contributed by atoms with Crippen molar-refractivity contribution in [1.82, 2.24) is 15.0 Å². The molecule has 0 saturated carbocycles. The van der Waals surface area contributed by atoms with Gasteiger partial charge in [-0.1, -0.05) is 17.3 Å². The molecule has 1 fully saturated rings. The van der Waals surface area contributed by atoms with Gasteiger partial charge in [-0.2, -0.15) is 4.98 Å². The fraction of sp³-hybridized carbons (Fsp3) is 0.360. The van der Waals surface area contributed by atoms with Gasteiger partial charge in [0, 0.05) is 31.5 Å². The van der Waals surface area contributed by atoms with E-state index >= 15 is 0 Å². The molecule has 34 heavy (non-hydrogen) atoms. The summed E-state index contributed by atoms with van der Waals surface area (Å²) in [5.41, 5.74) is 1.27. The molecule has 1 unspecified atom stereocenters. The van der Waals surface area contributed by atoms with E-state index in [4.69, 9.17) is 9.26 Å². The van der Waals surface area contributed by atoms with Crippen molar-refractivity contribution < 1.29 is 23.2 Å². The van der Waals surface area contributed by atoms with E-state index in [2.05, 4.69) is 10.1 Å². The summed E-state index contributed by atoms with van der Waals surface area (Å²) < 4.78 is 24.4. The van der Waals surface area contributed by atoms with Crippen LogP contribution in [0.15, 0.2) is 53.1 Å². The number of amides is 2. The lowest BCUT2D eigenvalue weighted by Crippen LogP contribution is -2.52. The van der Waals surface area contributed by atoms with E-state index in [1.807, 2.05) is 23.1 Å². The monoisotopic (exact) mass is 464 g/mol. The number of fused-ring (bicyclic) bond motifs is 1. The first-order valence-electron chi connectivity index (χ1n) is 11.5. The number of halogens is 1. The second-order valence-corrected chi connectivity index (χ2v) is 8.48. The summed E-state index contributed by atoms with van der Waals surface area (Å²) in [6.45, 7) is 1.61. The van der Waals surface area contributed by atoms with Crippen LogP contribution in [-0.4, -0.2) is 52.6 Å². The van der Waals surface area contributed by atoms with Gasteiger partial charge in [0.2, 0.25) is 17.6 Å². The number of carbonyl (C=O) groups excluding carboxylic acids is 2. The van der Waals surface area contributed by atoms with E-state index in [9.17, 15) is 14.0 Å². The average molecular weight is 464 g/mol. The van der Waals surface area contributed by atoms with Gasteiger partial charge in [0.15, 0.2) is 6.10 Å². The smallest absolute Gasteiger partial charge is 0.265 e. The van der Waals surface area contributed by atoms with Crippen LogP contribution in [0.25, 0.3) is 11.4 Å². The van der Waals surface area contributed by atoms with Crippen LogP contribution in [0.3, 0.4) is 0 Å². The zero-order valence-corrected chi connectivity index (χ0v) is 18.7. The molecule has 1 saturated heterocycles. The quantitative estimate of drug-likeness (QED) is 0.573. The van der Waals surface area contributed by atoms with Crippen LogP contribution in [0.5, 0.6) is 5.75 Å². The van der Waals surface area contributed by atoms with E-state index in [0.717, 1.165) is 32.4 Å². The maximum atomic E-state index is 13.2. The number of aryl methyl sites for hydroxylation is 1. The molecule has 5 rings (SSSR count). The van der Waals surface area contributed by atoms with E-state index in [0.29, 0.717) is 28.7 Å². The molecule has 0 spiro atoms. The Morgan fingerprint density at radius 1 is 1.03 bits per heavy atom. The fourth-order valence-electron chi connectivity index (χ4n) is 4.34. The highest BCUT2D eigenvalue weighted by Crippen LogP contribution is 2.34.